The molecule has 0 radical (unpaired) electrons. The third-order valence-corrected chi connectivity index (χ3v) is 4.18. The van der Waals surface area contributed by atoms with Gasteiger partial charge in [0.1, 0.15) is 5.65 Å². The highest BCUT2D eigenvalue weighted by Crippen LogP contribution is 2.35. The second-order valence-electron chi connectivity index (χ2n) is 5.57. The number of fused-ring (bicyclic) bond motifs is 1. The highest BCUT2D eigenvalue weighted by molar-refractivity contribution is 6.30. The largest absolute Gasteiger partial charge is 0.478 e. The third kappa shape index (κ3) is 3.32. The molecule has 0 bridgehead atoms. The van der Waals surface area contributed by atoms with Gasteiger partial charge in [-0.15, -0.1) is 0 Å². The van der Waals surface area contributed by atoms with Crippen LogP contribution in [0.25, 0.3) is 5.65 Å². The van der Waals surface area contributed by atoms with E-state index in [-0.39, 0.29) is 22.6 Å². The monoisotopic (exact) mass is 368 g/mol. The van der Waals surface area contributed by atoms with E-state index in [4.69, 9.17) is 16.7 Å². The highest BCUT2D eigenvalue weighted by Gasteiger charge is 2.33. The first-order valence-electron chi connectivity index (χ1n) is 7.23. The molecule has 0 spiro atoms. The number of benzene rings is 1. The molecule has 3 rings (SSSR count). The van der Waals surface area contributed by atoms with Crippen LogP contribution < -0.4 is 0 Å². The molecule has 0 saturated heterocycles. The van der Waals surface area contributed by atoms with E-state index in [9.17, 15) is 18.0 Å². The Labute approximate surface area is 145 Å². The number of aryl methyl sites for hydroxylation is 1. The van der Waals surface area contributed by atoms with Gasteiger partial charge >= 0.3 is 12.1 Å². The van der Waals surface area contributed by atoms with Gasteiger partial charge in [0.05, 0.1) is 16.8 Å². The minimum atomic E-state index is -4.52. The molecule has 4 nitrogen and oxygen atoms in total. The summed E-state index contributed by atoms with van der Waals surface area (Å²) in [6.45, 7) is 1.72. The van der Waals surface area contributed by atoms with Crippen LogP contribution in [0.1, 0.15) is 32.9 Å². The van der Waals surface area contributed by atoms with Gasteiger partial charge in [0, 0.05) is 23.3 Å². The van der Waals surface area contributed by atoms with Crippen molar-refractivity contribution < 1.29 is 23.1 Å². The summed E-state index contributed by atoms with van der Waals surface area (Å²) in [5, 5.41) is 9.04. The molecule has 0 aliphatic rings. The maximum absolute atomic E-state index is 13.2. The molecular formula is C17H12ClF3N2O2. The van der Waals surface area contributed by atoms with Crippen molar-refractivity contribution in [2.24, 2.45) is 0 Å². The Hall–Kier alpha value is -2.54. The average molecular weight is 369 g/mol. The van der Waals surface area contributed by atoms with Crippen LogP contribution in [0.3, 0.4) is 0 Å². The zero-order chi connectivity index (χ0) is 18.4. The van der Waals surface area contributed by atoms with Gasteiger partial charge in [-0.05, 0) is 36.8 Å². The number of alkyl halides is 3. The molecule has 3 aromatic rings. The number of hydrogen-bond donors (Lipinski definition) is 1. The number of nitrogens with zero attached hydrogens (tertiary/aromatic N) is 2. The highest BCUT2D eigenvalue weighted by atomic mass is 35.5. The summed E-state index contributed by atoms with van der Waals surface area (Å²) in [4.78, 5) is 15.3. The van der Waals surface area contributed by atoms with Crippen molar-refractivity contribution in [3.8, 4) is 0 Å². The van der Waals surface area contributed by atoms with Gasteiger partial charge in [0.25, 0.3) is 0 Å². The molecule has 0 atom stereocenters. The number of rotatable bonds is 3. The molecule has 2 heterocycles. The normalized spacial score (nSPS) is 11.9. The van der Waals surface area contributed by atoms with E-state index in [1.54, 1.807) is 11.3 Å². The van der Waals surface area contributed by atoms with E-state index >= 15 is 0 Å². The summed E-state index contributed by atoms with van der Waals surface area (Å²) in [5.74, 6) is -1.10. The second-order valence-corrected chi connectivity index (χ2v) is 6.01. The maximum Gasteiger partial charge on any atom is 0.416 e. The van der Waals surface area contributed by atoms with E-state index < -0.39 is 17.7 Å². The summed E-state index contributed by atoms with van der Waals surface area (Å²) >= 11 is 5.69. The molecule has 0 aliphatic heterocycles. The fourth-order valence-corrected chi connectivity index (χ4v) is 2.84. The first kappa shape index (κ1) is 17.3. The van der Waals surface area contributed by atoms with E-state index in [0.717, 1.165) is 6.07 Å². The van der Waals surface area contributed by atoms with Crippen molar-refractivity contribution in [1.82, 2.24) is 9.38 Å². The minimum Gasteiger partial charge on any atom is -0.478 e. The van der Waals surface area contributed by atoms with E-state index in [0.29, 0.717) is 17.0 Å². The summed E-state index contributed by atoms with van der Waals surface area (Å²) in [7, 11) is 0. The van der Waals surface area contributed by atoms with Crippen molar-refractivity contribution in [2.75, 3.05) is 0 Å². The lowest BCUT2D eigenvalue weighted by molar-refractivity contribution is -0.138. The van der Waals surface area contributed by atoms with Gasteiger partial charge in [-0.2, -0.15) is 13.2 Å². The molecule has 130 valence electrons. The number of aromatic carboxylic acids is 1. The van der Waals surface area contributed by atoms with E-state index in [2.05, 4.69) is 4.98 Å². The number of carboxylic acids is 1. The Bertz CT molecular complexity index is 980. The van der Waals surface area contributed by atoms with Crippen LogP contribution in [-0.2, 0) is 12.6 Å². The molecule has 0 saturated carbocycles. The molecule has 0 fully saturated rings. The summed E-state index contributed by atoms with van der Waals surface area (Å²) in [6.07, 6.45) is -3.02. The minimum absolute atomic E-state index is 0.00824. The van der Waals surface area contributed by atoms with Crippen molar-refractivity contribution in [3.63, 3.8) is 0 Å². The zero-order valence-electron chi connectivity index (χ0n) is 12.9. The Kier molecular flexibility index (Phi) is 4.20. The quantitative estimate of drug-likeness (QED) is 0.734. The first-order valence-corrected chi connectivity index (χ1v) is 7.61. The fourth-order valence-electron chi connectivity index (χ4n) is 2.66. The van der Waals surface area contributed by atoms with Gasteiger partial charge in [0.2, 0.25) is 0 Å². The molecule has 8 heteroatoms. The zero-order valence-corrected chi connectivity index (χ0v) is 13.7. The molecule has 0 aliphatic carbocycles. The van der Waals surface area contributed by atoms with Crippen molar-refractivity contribution in [1.29, 1.82) is 0 Å². The van der Waals surface area contributed by atoms with Crippen LogP contribution in [0, 0.1) is 6.92 Å². The second kappa shape index (κ2) is 6.07. The molecule has 0 unspecified atom stereocenters. The predicted molar refractivity (Wildman–Crippen MR) is 86.1 cm³/mol. The lowest BCUT2D eigenvalue weighted by atomic mass is 10.0. The third-order valence-electron chi connectivity index (χ3n) is 3.95. The summed E-state index contributed by atoms with van der Waals surface area (Å²) in [5.41, 5.74) is 0.774. The van der Waals surface area contributed by atoms with E-state index in [1.807, 2.05) is 0 Å². The average Bonchev–Trinajstić information content (AvgIpc) is 2.83. The lowest BCUT2D eigenvalue weighted by Gasteiger charge is -2.12. The van der Waals surface area contributed by atoms with Crippen LogP contribution in [0.2, 0.25) is 5.02 Å². The van der Waals surface area contributed by atoms with Gasteiger partial charge in [0.15, 0.2) is 0 Å². The molecule has 1 aromatic carbocycles. The number of halogens is 4. The fraction of sp³-hybridized carbons (Fsp3) is 0.176. The van der Waals surface area contributed by atoms with Crippen LogP contribution >= 0.6 is 11.6 Å². The van der Waals surface area contributed by atoms with Crippen LogP contribution in [0.4, 0.5) is 13.2 Å². The van der Waals surface area contributed by atoms with Gasteiger partial charge in [-0.25, -0.2) is 9.78 Å². The first-order chi connectivity index (χ1) is 11.7. The van der Waals surface area contributed by atoms with Crippen LogP contribution in [0.15, 0.2) is 36.5 Å². The Morgan fingerprint density at radius 2 is 2.00 bits per heavy atom. The van der Waals surface area contributed by atoms with Crippen molar-refractivity contribution in [2.45, 2.75) is 19.5 Å². The SMILES string of the molecule is Cc1c(Cc2ccc(Cl)cc2C(F)(F)F)nc2cc(C(=O)O)ccn12. The number of hydrogen-bond acceptors (Lipinski definition) is 2. The topological polar surface area (TPSA) is 54.6 Å². The Balaban J connectivity index is 2.07. The maximum atomic E-state index is 13.2. The lowest BCUT2D eigenvalue weighted by Crippen LogP contribution is -2.10. The van der Waals surface area contributed by atoms with Crippen molar-refractivity contribution in [3.05, 3.63) is 69.6 Å². The molecule has 2 aromatic heterocycles. The van der Waals surface area contributed by atoms with Crippen LogP contribution in [-0.4, -0.2) is 20.5 Å². The predicted octanol–water partition coefficient (Wildman–Crippen LogP) is 4.60. The Morgan fingerprint density at radius 1 is 1.28 bits per heavy atom. The number of aromatic nitrogens is 2. The van der Waals surface area contributed by atoms with Gasteiger partial charge in [-0.1, -0.05) is 17.7 Å². The number of carbonyl (C=O) groups is 1. The Morgan fingerprint density at radius 3 is 2.64 bits per heavy atom. The molecule has 25 heavy (non-hydrogen) atoms. The number of imidazole rings is 1. The molecule has 1 N–H and O–H groups in total. The molecular weight excluding hydrogens is 357 g/mol. The van der Waals surface area contributed by atoms with E-state index in [1.165, 1.54) is 30.5 Å². The standard InChI is InChI=1S/C17H12ClF3N2O2/c1-9-14(22-15-7-11(16(24)25)4-5-23(9)15)6-10-2-3-12(18)8-13(10)17(19,20)21/h2-5,7-8H,6H2,1H3,(H,24,25). The smallest absolute Gasteiger partial charge is 0.416 e. The number of carboxylic acid groups (broad SMARTS) is 1. The van der Waals surface area contributed by atoms with Crippen molar-refractivity contribution >= 4 is 23.2 Å². The van der Waals surface area contributed by atoms with Gasteiger partial charge in [-0.3, -0.25) is 0 Å². The van der Waals surface area contributed by atoms with Crippen LogP contribution in [0.5, 0.6) is 0 Å². The summed E-state index contributed by atoms with van der Waals surface area (Å²) < 4.78 is 41.3. The number of pyridine rings is 1. The molecule has 0 amide bonds. The van der Waals surface area contributed by atoms with Gasteiger partial charge < -0.3 is 9.51 Å². The summed E-state index contributed by atoms with van der Waals surface area (Å²) in [6, 6.07) is 6.42.